The zero-order valence-corrected chi connectivity index (χ0v) is 13.8. The Labute approximate surface area is 136 Å². The number of aromatic nitrogens is 1. The molecule has 1 atom stereocenters. The van der Waals surface area contributed by atoms with Crippen LogP contribution in [0.3, 0.4) is 0 Å². The number of carbonyl (C=O) groups is 1. The molecular weight excluding hydrogens is 288 g/mol. The summed E-state index contributed by atoms with van der Waals surface area (Å²) in [6.07, 6.45) is 4.05. The van der Waals surface area contributed by atoms with Crippen molar-refractivity contribution >= 4 is 5.91 Å². The number of rotatable bonds is 5. The van der Waals surface area contributed by atoms with Gasteiger partial charge in [-0.3, -0.25) is 9.78 Å². The molecule has 0 radical (unpaired) electrons. The minimum atomic E-state index is -0.0955. The quantitative estimate of drug-likeness (QED) is 0.918. The van der Waals surface area contributed by atoms with Crippen molar-refractivity contribution in [3.63, 3.8) is 0 Å². The average molecular weight is 310 g/mol. The maximum absolute atomic E-state index is 12.9. The normalized spacial score (nSPS) is 15.1. The fraction of sp³-hybridized carbons (Fsp3) is 0.368. The van der Waals surface area contributed by atoms with Crippen LogP contribution in [-0.4, -0.2) is 18.0 Å². The van der Waals surface area contributed by atoms with Gasteiger partial charge in [0.25, 0.3) is 5.91 Å². The van der Waals surface area contributed by atoms with Gasteiger partial charge in [0.2, 0.25) is 0 Å². The molecule has 0 spiro atoms. The number of ether oxygens (including phenoxy) is 1. The molecule has 120 valence electrons. The first-order chi connectivity index (χ1) is 11.1. The van der Waals surface area contributed by atoms with Crippen molar-refractivity contribution < 1.29 is 9.53 Å². The molecule has 0 aliphatic heterocycles. The third kappa shape index (κ3) is 3.21. The predicted molar refractivity (Wildman–Crippen MR) is 89.6 cm³/mol. The van der Waals surface area contributed by atoms with E-state index in [1.165, 1.54) is 0 Å². The van der Waals surface area contributed by atoms with Gasteiger partial charge in [0, 0.05) is 6.20 Å². The van der Waals surface area contributed by atoms with Gasteiger partial charge in [-0.15, -0.1) is 0 Å². The Bertz CT molecular complexity index is 723. The largest absolute Gasteiger partial charge is 0.496 e. The third-order valence-corrected chi connectivity index (χ3v) is 4.41. The summed E-state index contributed by atoms with van der Waals surface area (Å²) in [6, 6.07) is 9.57. The lowest BCUT2D eigenvalue weighted by Gasteiger charge is -2.21. The summed E-state index contributed by atoms with van der Waals surface area (Å²) in [5.41, 5.74) is 3.60. The molecule has 2 aromatic rings. The van der Waals surface area contributed by atoms with E-state index in [4.69, 9.17) is 4.74 Å². The van der Waals surface area contributed by atoms with Gasteiger partial charge in [-0.1, -0.05) is 18.2 Å². The Balaban J connectivity index is 1.90. The number of amides is 1. The van der Waals surface area contributed by atoms with Crippen LogP contribution >= 0.6 is 0 Å². The molecule has 23 heavy (non-hydrogen) atoms. The summed E-state index contributed by atoms with van der Waals surface area (Å²) in [4.78, 5) is 17.4. The molecule has 1 aliphatic rings. The number of hydrogen-bond donors (Lipinski definition) is 1. The Morgan fingerprint density at radius 1 is 1.22 bits per heavy atom. The number of benzene rings is 1. The van der Waals surface area contributed by atoms with E-state index in [9.17, 15) is 4.79 Å². The van der Waals surface area contributed by atoms with E-state index in [0.29, 0.717) is 17.2 Å². The molecule has 1 saturated carbocycles. The molecule has 1 N–H and O–H groups in total. The Hall–Kier alpha value is -2.36. The van der Waals surface area contributed by atoms with E-state index in [1.54, 1.807) is 13.3 Å². The van der Waals surface area contributed by atoms with Crippen molar-refractivity contribution in [2.75, 3.05) is 7.11 Å². The SMILES string of the molecule is COc1cccc(C)c1C(=O)N[C@H](c1ncccc1C)C1CC1. The number of nitrogens with one attached hydrogen (secondary N) is 1. The predicted octanol–water partition coefficient (Wildman–Crippen LogP) is 3.59. The van der Waals surface area contributed by atoms with Crippen molar-refractivity contribution in [2.45, 2.75) is 32.7 Å². The van der Waals surface area contributed by atoms with E-state index in [2.05, 4.69) is 10.3 Å². The van der Waals surface area contributed by atoms with Gasteiger partial charge in [-0.25, -0.2) is 0 Å². The highest BCUT2D eigenvalue weighted by Gasteiger charge is 2.35. The van der Waals surface area contributed by atoms with E-state index in [1.807, 2.05) is 44.2 Å². The smallest absolute Gasteiger partial charge is 0.255 e. The zero-order chi connectivity index (χ0) is 16.4. The highest BCUT2D eigenvalue weighted by molar-refractivity contribution is 5.98. The molecule has 1 aliphatic carbocycles. The molecule has 1 fully saturated rings. The number of nitrogens with zero attached hydrogens (tertiary/aromatic N) is 1. The lowest BCUT2D eigenvalue weighted by atomic mass is 10.0. The van der Waals surface area contributed by atoms with Crippen molar-refractivity contribution in [3.05, 3.63) is 58.9 Å². The number of hydrogen-bond acceptors (Lipinski definition) is 3. The molecular formula is C19H22N2O2. The Kier molecular flexibility index (Phi) is 4.33. The van der Waals surface area contributed by atoms with Crippen LogP contribution < -0.4 is 10.1 Å². The third-order valence-electron chi connectivity index (χ3n) is 4.41. The number of pyridine rings is 1. The lowest BCUT2D eigenvalue weighted by molar-refractivity contribution is 0.0927. The highest BCUT2D eigenvalue weighted by Crippen LogP contribution is 2.41. The fourth-order valence-corrected chi connectivity index (χ4v) is 2.98. The molecule has 0 saturated heterocycles. The summed E-state index contributed by atoms with van der Waals surface area (Å²) in [5, 5.41) is 3.19. The highest BCUT2D eigenvalue weighted by atomic mass is 16.5. The zero-order valence-electron chi connectivity index (χ0n) is 13.8. The molecule has 1 heterocycles. The second-order valence-electron chi connectivity index (χ2n) is 6.15. The van der Waals surface area contributed by atoms with Crippen LogP contribution in [0.2, 0.25) is 0 Å². The molecule has 1 aromatic carbocycles. The summed E-state index contributed by atoms with van der Waals surface area (Å²) < 4.78 is 5.36. The first-order valence-corrected chi connectivity index (χ1v) is 7.97. The summed E-state index contributed by atoms with van der Waals surface area (Å²) in [5.74, 6) is 0.985. The van der Waals surface area contributed by atoms with Gasteiger partial charge >= 0.3 is 0 Å². The maximum Gasteiger partial charge on any atom is 0.255 e. The molecule has 3 rings (SSSR count). The minimum absolute atomic E-state index is 0.0342. The minimum Gasteiger partial charge on any atom is -0.496 e. The molecule has 4 heteroatoms. The van der Waals surface area contributed by atoms with Crippen molar-refractivity contribution in [1.29, 1.82) is 0 Å². The fourth-order valence-electron chi connectivity index (χ4n) is 2.98. The first kappa shape index (κ1) is 15.5. The monoisotopic (exact) mass is 310 g/mol. The maximum atomic E-state index is 12.9. The Morgan fingerprint density at radius 2 is 1.96 bits per heavy atom. The summed E-state index contributed by atoms with van der Waals surface area (Å²) >= 11 is 0. The molecule has 4 nitrogen and oxygen atoms in total. The van der Waals surface area contributed by atoms with Crippen LogP contribution in [-0.2, 0) is 0 Å². The summed E-state index contributed by atoms with van der Waals surface area (Å²) in [6.45, 7) is 3.97. The standard InChI is InChI=1S/C19H22N2O2/c1-12-6-4-8-15(23-3)16(12)19(22)21-18(14-9-10-14)17-13(2)7-5-11-20-17/h4-8,11,14,18H,9-10H2,1-3H3,(H,21,22)/t18-/m0/s1. The second-order valence-corrected chi connectivity index (χ2v) is 6.15. The van der Waals surface area contributed by atoms with Crippen molar-refractivity contribution in [3.8, 4) is 5.75 Å². The Morgan fingerprint density at radius 3 is 2.61 bits per heavy atom. The van der Waals surface area contributed by atoms with Gasteiger partial charge in [0.05, 0.1) is 24.4 Å². The van der Waals surface area contributed by atoms with E-state index in [-0.39, 0.29) is 11.9 Å². The molecule has 0 bridgehead atoms. The topological polar surface area (TPSA) is 51.2 Å². The number of aryl methyl sites for hydroxylation is 2. The second kappa shape index (κ2) is 6.41. The molecule has 1 amide bonds. The van der Waals surface area contributed by atoms with Gasteiger partial charge in [-0.2, -0.15) is 0 Å². The van der Waals surface area contributed by atoms with Gasteiger partial charge in [0.15, 0.2) is 0 Å². The van der Waals surface area contributed by atoms with Crippen LogP contribution in [0.4, 0.5) is 0 Å². The molecule has 0 unspecified atom stereocenters. The average Bonchev–Trinajstić information content (AvgIpc) is 3.37. The summed E-state index contributed by atoms with van der Waals surface area (Å²) in [7, 11) is 1.59. The van der Waals surface area contributed by atoms with Gasteiger partial charge in [0.1, 0.15) is 5.75 Å². The van der Waals surface area contributed by atoms with Crippen molar-refractivity contribution in [2.24, 2.45) is 5.92 Å². The van der Waals surface area contributed by atoms with Gasteiger partial charge in [-0.05, 0) is 55.9 Å². The van der Waals surface area contributed by atoms with Crippen molar-refractivity contribution in [1.82, 2.24) is 10.3 Å². The number of carbonyl (C=O) groups excluding carboxylic acids is 1. The van der Waals surface area contributed by atoms with Crippen LogP contribution in [0.25, 0.3) is 0 Å². The van der Waals surface area contributed by atoms with Crippen LogP contribution in [0, 0.1) is 19.8 Å². The molecule has 1 aromatic heterocycles. The van der Waals surface area contributed by atoms with Crippen LogP contribution in [0.15, 0.2) is 36.5 Å². The first-order valence-electron chi connectivity index (χ1n) is 7.97. The van der Waals surface area contributed by atoms with Crippen LogP contribution in [0.1, 0.15) is 46.1 Å². The van der Waals surface area contributed by atoms with Gasteiger partial charge < -0.3 is 10.1 Å². The van der Waals surface area contributed by atoms with E-state index >= 15 is 0 Å². The lowest BCUT2D eigenvalue weighted by Crippen LogP contribution is -2.31. The van der Waals surface area contributed by atoms with Crippen LogP contribution in [0.5, 0.6) is 5.75 Å². The van der Waals surface area contributed by atoms with E-state index in [0.717, 1.165) is 29.7 Å². The van der Waals surface area contributed by atoms with E-state index < -0.39 is 0 Å². The number of methoxy groups -OCH3 is 1.